The lowest BCUT2D eigenvalue weighted by Crippen LogP contribution is -2.09. The van der Waals surface area contributed by atoms with Crippen molar-refractivity contribution >= 4 is 38.9 Å². The van der Waals surface area contributed by atoms with E-state index in [1.807, 2.05) is 5.38 Å². The topological polar surface area (TPSA) is 29.1 Å². The molecule has 0 saturated carbocycles. The molecule has 2 rings (SSSR count). The first-order chi connectivity index (χ1) is 7.66. The van der Waals surface area contributed by atoms with Gasteiger partial charge in [-0.1, -0.05) is 6.07 Å². The molecule has 0 atom stereocenters. The lowest BCUT2D eigenvalue weighted by molar-refractivity contribution is 0.103. The second-order valence-electron chi connectivity index (χ2n) is 3.06. The van der Waals surface area contributed by atoms with Gasteiger partial charge in [-0.3, -0.25) is 4.79 Å². The van der Waals surface area contributed by atoms with Crippen LogP contribution in [0.4, 0.5) is 10.1 Å². The van der Waals surface area contributed by atoms with Gasteiger partial charge in [0.15, 0.2) is 0 Å². The largest absolute Gasteiger partial charge is 0.321 e. The number of carbonyl (C=O) groups excluding carboxylic acids is 1. The maximum absolute atomic E-state index is 13.0. The standard InChI is InChI=1S/C11H7BrFNOS/c12-8-6-7(3-4-9(8)13)14-11(15)10-2-1-5-16-10/h1-6H,(H,14,15). The Morgan fingerprint density at radius 3 is 2.81 bits per heavy atom. The molecule has 0 radical (unpaired) electrons. The summed E-state index contributed by atoms with van der Waals surface area (Å²) < 4.78 is 13.3. The Kier molecular flexibility index (Phi) is 3.36. The second kappa shape index (κ2) is 4.76. The summed E-state index contributed by atoms with van der Waals surface area (Å²) >= 11 is 4.42. The van der Waals surface area contributed by atoms with Gasteiger partial charge in [-0.25, -0.2) is 4.39 Å². The van der Waals surface area contributed by atoms with Crippen molar-refractivity contribution in [3.8, 4) is 0 Å². The van der Waals surface area contributed by atoms with Gasteiger partial charge >= 0.3 is 0 Å². The molecule has 1 heterocycles. The van der Waals surface area contributed by atoms with Crippen molar-refractivity contribution in [1.82, 2.24) is 0 Å². The van der Waals surface area contributed by atoms with Gasteiger partial charge in [0.05, 0.1) is 9.35 Å². The summed E-state index contributed by atoms with van der Waals surface area (Å²) in [5.41, 5.74) is 0.562. The fourth-order valence-electron chi connectivity index (χ4n) is 1.17. The number of hydrogen-bond donors (Lipinski definition) is 1. The Morgan fingerprint density at radius 2 is 2.19 bits per heavy atom. The van der Waals surface area contributed by atoms with Crippen LogP contribution in [-0.2, 0) is 0 Å². The molecule has 5 heteroatoms. The molecular formula is C11H7BrFNOS. The number of hydrogen-bond acceptors (Lipinski definition) is 2. The van der Waals surface area contributed by atoms with E-state index in [1.54, 1.807) is 12.1 Å². The molecule has 1 aromatic heterocycles. The van der Waals surface area contributed by atoms with Crippen LogP contribution in [0.5, 0.6) is 0 Å². The number of rotatable bonds is 2. The van der Waals surface area contributed by atoms with Crippen molar-refractivity contribution in [3.05, 3.63) is 50.9 Å². The minimum Gasteiger partial charge on any atom is -0.321 e. The average molecular weight is 300 g/mol. The molecule has 0 unspecified atom stereocenters. The molecular weight excluding hydrogens is 293 g/mol. The first-order valence-corrected chi connectivity index (χ1v) is 6.14. The quantitative estimate of drug-likeness (QED) is 0.895. The molecule has 0 spiro atoms. The van der Waals surface area contributed by atoms with Crippen LogP contribution >= 0.6 is 27.3 Å². The normalized spacial score (nSPS) is 10.1. The fraction of sp³-hybridized carbons (Fsp3) is 0. The van der Waals surface area contributed by atoms with Crippen molar-refractivity contribution in [2.75, 3.05) is 5.32 Å². The zero-order valence-electron chi connectivity index (χ0n) is 8.04. The summed E-state index contributed by atoms with van der Waals surface area (Å²) in [6.07, 6.45) is 0. The summed E-state index contributed by atoms with van der Waals surface area (Å²) in [4.78, 5) is 12.3. The highest BCUT2D eigenvalue weighted by Gasteiger charge is 2.07. The van der Waals surface area contributed by atoms with Crippen LogP contribution < -0.4 is 5.32 Å². The molecule has 2 nitrogen and oxygen atoms in total. The predicted molar refractivity (Wildman–Crippen MR) is 66.4 cm³/mol. The lowest BCUT2D eigenvalue weighted by atomic mass is 10.3. The summed E-state index contributed by atoms with van der Waals surface area (Å²) in [6.45, 7) is 0. The van der Waals surface area contributed by atoms with Crippen LogP contribution in [0.25, 0.3) is 0 Å². The van der Waals surface area contributed by atoms with Gasteiger partial charge in [0.25, 0.3) is 5.91 Å². The Morgan fingerprint density at radius 1 is 1.38 bits per heavy atom. The third-order valence-corrected chi connectivity index (χ3v) is 3.40. The van der Waals surface area contributed by atoms with Crippen LogP contribution in [0.15, 0.2) is 40.2 Å². The van der Waals surface area contributed by atoms with Crippen molar-refractivity contribution < 1.29 is 9.18 Å². The van der Waals surface area contributed by atoms with Crippen molar-refractivity contribution in [3.63, 3.8) is 0 Å². The highest BCUT2D eigenvalue weighted by molar-refractivity contribution is 9.10. The van der Waals surface area contributed by atoms with Gasteiger partial charge in [0.2, 0.25) is 0 Å². The Bertz CT molecular complexity index is 513. The van der Waals surface area contributed by atoms with E-state index >= 15 is 0 Å². The zero-order valence-corrected chi connectivity index (χ0v) is 10.4. The molecule has 2 aromatic rings. The van der Waals surface area contributed by atoms with Gasteiger partial charge in [-0.2, -0.15) is 0 Å². The first-order valence-electron chi connectivity index (χ1n) is 4.47. The number of benzene rings is 1. The molecule has 0 aliphatic rings. The molecule has 0 fully saturated rings. The maximum Gasteiger partial charge on any atom is 0.265 e. The van der Waals surface area contributed by atoms with Crippen LogP contribution in [0.3, 0.4) is 0 Å². The number of thiophene rings is 1. The molecule has 0 aliphatic heterocycles. The van der Waals surface area contributed by atoms with E-state index in [4.69, 9.17) is 0 Å². The van der Waals surface area contributed by atoms with E-state index in [9.17, 15) is 9.18 Å². The van der Waals surface area contributed by atoms with Crippen LogP contribution in [-0.4, -0.2) is 5.91 Å². The number of halogens is 2. The van der Waals surface area contributed by atoms with Crippen molar-refractivity contribution in [2.45, 2.75) is 0 Å². The van der Waals surface area contributed by atoms with Gasteiger partial charge in [0.1, 0.15) is 5.82 Å². The molecule has 82 valence electrons. The van der Waals surface area contributed by atoms with E-state index in [0.717, 1.165) is 0 Å². The third kappa shape index (κ3) is 2.48. The van der Waals surface area contributed by atoms with E-state index in [2.05, 4.69) is 21.2 Å². The highest BCUT2D eigenvalue weighted by atomic mass is 79.9. The van der Waals surface area contributed by atoms with Gasteiger partial charge in [-0.05, 0) is 45.6 Å². The number of carbonyl (C=O) groups is 1. The number of anilines is 1. The SMILES string of the molecule is O=C(Nc1ccc(F)c(Br)c1)c1cccs1. The van der Waals surface area contributed by atoms with Gasteiger partial charge < -0.3 is 5.32 Å². The molecule has 1 aromatic carbocycles. The van der Waals surface area contributed by atoms with E-state index < -0.39 is 0 Å². The summed E-state index contributed by atoms with van der Waals surface area (Å²) in [7, 11) is 0. The van der Waals surface area contributed by atoms with Crippen molar-refractivity contribution in [2.24, 2.45) is 0 Å². The van der Waals surface area contributed by atoms with Crippen LogP contribution in [0.2, 0.25) is 0 Å². The lowest BCUT2D eigenvalue weighted by Gasteiger charge is -2.04. The first kappa shape index (κ1) is 11.3. The summed E-state index contributed by atoms with van der Waals surface area (Å²) in [6, 6.07) is 7.89. The van der Waals surface area contributed by atoms with Crippen molar-refractivity contribution in [1.29, 1.82) is 0 Å². The molecule has 1 N–H and O–H groups in total. The Balaban J connectivity index is 2.15. The van der Waals surface area contributed by atoms with Gasteiger partial charge in [-0.15, -0.1) is 11.3 Å². The number of nitrogens with one attached hydrogen (secondary N) is 1. The number of amides is 1. The summed E-state index contributed by atoms with van der Waals surface area (Å²) in [5, 5.41) is 4.52. The minimum absolute atomic E-state index is 0.187. The zero-order chi connectivity index (χ0) is 11.5. The van der Waals surface area contributed by atoms with Crippen LogP contribution in [0, 0.1) is 5.82 Å². The molecule has 1 amide bonds. The maximum atomic E-state index is 13.0. The minimum atomic E-state index is -0.353. The Hall–Kier alpha value is -1.20. The molecule has 0 bridgehead atoms. The molecule has 0 aliphatic carbocycles. The average Bonchev–Trinajstić information content (AvgIpc) is 2.77. The smallest absolute Gasteiger partial charge is 0.265 e. The highest BCUT2D eigenvalue weighted by Crippen LogP contribution is 2.21. The third-order valence-electron chi connectivity index (χ3n) is 1.92. The van der Waals surface area contributed by atoms with E-state index in [-0.39, 0.29) is 11.7 Å². The summed E-state index contributed by atoms with van der Waals surface area (Å²) in [5.74, 6) is -0.539. The second-order valence-corrected chi connectivity index (χ2v) is 4.86. The fourth-order valence-corrected chi connectivity index (χ4v) is 2.17. The Labute approximate surface area is 104 Å². The van der Waals surface area contributed by atoms with Gasteiger partial charge in [0, 0.05) is 5.69 Å². The van der Waals surface area contributed by atoms with E-state index in [1.165, 1.54) is 29.5 Å². The monoisotopic (exact) mass is 299 g/mol. The molecule has 0 saturated heterocycles. The van der Waals surface area contributed by atoms with E-state index in [0.29, 0.717) is 15.0 Å². The van der Waals surface area contributed by atoms with Crippen LogP contribution in [0.1, 0.15) is 9.67 Å². The predicted octanol–water partition coefficient (Wildman–Crippen LogP) is 3.90. The molecule has 16 heavy (non-hydrogen) atoms.